The van der Waals surface area contributed by atoms with Gasteiger partial charge in [-0.3, -0.25) is 14.9 Å². The van der Waals surface area contributed by atoms with Crippen molar-refractivity contribution in [2.75, 3.05) is 0 Å². The first-order valence-electron chi connectivity index (χ1n) is 7.85. The van der Waals surface area contributed by atoms with Crippen LogP contribution in [0.15, 0.2) is 65.7 Å². The number of non-ortho nitro benzene ring substituents is 1. The predicted molar refractivity (Wildman–Crippen MR) is 101 cm³/mol. The molecule has 4 aromatic rings. The van der Waals surface area contributed by atoms with Crippen LogP contribution >= 0.6 is 11.3 Å². The smallest absolute Gasteiger partial charge is 0.280 e. The van der Waals surface area contributed by atoms with Gasteiger partial charge in [-0.15, -0.1) is 0 Å². The van der Waals surface area contributed by atoms with Gasteiger partial charge in [-0.2, -0.15) is 4.99 Å². The van der Waals surface area contributed by atoms with Crippen LogP contribution in [0.4, 0.5) is 5.69 Å². The number of aryl methyl sites for hydroxylation is 1. The van der Waals surface area contributed by atoms with Gasteiger partial charge in [0.05, 0.1) is 15.1 Å². The van der Waals surface area contributed by atoms with Crippen LogP contribution < -0.4 is 4.80 Å². The topological polar surface area (TPSA) is 77.5 Å². The van der Waals surface area contributed by atoms with Crippen molar-refractivity contribution >= 4 is 43.9 Å². The monoisotopic (exact) mass is 363 g/mol. The molecule has 0 unspecified atom stereocenters. The fourth-order valence-electron chi connectivity index (χ4n) is 2.89. The van der Waals surface area contributed by atoms with Gasteiger partial charge < -0.3 is 4.57 Å². The van der Waals surface area contributed by atoms with E-state index in [0.29, 0.717) is 15.9 Å². The highest BCUT2D eigenvalue weighted by Gasteiger charge is 2.12. The molecule has 1 aromatic heterocycles. The molecule has 3 aromatic carbocycles. The highest BCUT2D eigenvalue weighted by atomic mass is 32.1. The molecular formula is C19H13N3O3S. The second-order valence-corrected chi connectivity index (χ2v) is 6.81. The molecule has 0 saturated carbocycles. The Morgan fingerprint density at radius 3 is 2.69 bits per heavy atom. The van der Waals surface area contributed by atoms with Gasteiger partial charge in [0.25, 0.3) is 11.6 Å². The van der Waals surface area contributed by atoms with E-state index in [2.05, 4.69) is 4.99 Å². The number of rotatable bonds is 2. The normalized spacial score (nSPS) is 12.0. The molecule has 0 fully saturated rings. The van der Waals surface area contributed by atoms with Gasteiger partial charge in [0.2, 0.25) is 0 Å². The number of nitrogens with zero attached hydrogens (tertiary/aromatic N) is 3. The number of carbonyl (C=O) groups excluding carboxylic acids is 1. The first-order chi connectivity index (χ1) is 12.5. The number of amides is 1. The van der Waals surface area contributed by atoms with Gasteiger partial charge >= 0.3 is 0 Å². The highest BCUT2D eigenvalue weighted by molar-refractivity contribution is 7.16. The molecule has 0 radical (unpaired) electrons. The summed E-state index contributed by atoms with van der Waals surface area (Å²) in [5.41, 5.74) is 1.22. The van der Waals surface area contributed by atoms with E-state index in [-0.39, 0.29) is 11.6 Å². The number of carbonyl (C=O) groups is 1. The molecule has 1 amide bonds. The lowest BCUT2D eigenvalue weighted by Crippen LogP contribution is -2.13. The number of hydrogen-bond donors (Lipinski definition) is 0. The van der Waals surface area contributed by atoms with Crippen LogP contribution in [0.3, 0.4) is 0 Å². The van der Waals surface area contributed by atoms with Crippen molar-refractivity contribution in [3.05, 3.63) is 81.1 Å². The van der Waals surface area contributed by atoms with Crippen molar-refractivity contribution in [2.24, 2.45) is 12.0 Å². The van der Waals surface area contributed by atoms with Crippen LogP contribution in [0.25, 0.3) is 21.0 Å². The number of benzene rings is 3. The Bertz CT molecular complexity index is 1250. The van der Waals surface area contributed by atoms with Gasteiger partial charge in [0, 0.05) is 24.7 Å². The number of hydrogen-bond acceptors (Lipinski definition) is 4. The zero-order chi connectivity index (χ0) is 18.3. The largest absolute Gasteiger partial charge is 0.319 e. The third-order valence-electron chi connectivity index (χ3n) is 4.22. The minimum absolute atomic E-state index is 0.0119. The van der Waals surface area contributed by atoms with E-state index in [0.717, 1.165) is 15.5 Å². The van der Waals surface area contributed by atoms with E-state index < -0.39 is 4.92 Å². The number of thiazole rings is 1. The first-order valence-corrected chi connectivity index (χ1v) is 8.67. The van der Waals surface area contributed by atoms with Crippen molar-refractivity contribution in [1.29, 1.82) is 0 Å². The summed E-state index contributed by atoms with van der Waals surface area (Å²) < 4.78 is 2.54. The van der Waals surface area contributed by atoms with E-state index in [9.17, 15) is 14.9 Å². The fourth-order valence-corrected chi connectivity index (χ4v) is 3.89. The zero-order valence-corrected chi connectivity index (χ0v) is 14.6. The summed E-state index contributed by atoms with van der Waals surface area (Å²) >= 11 is 1.33. The summed E-state index contributed by atoms with van der Waals surface area (Å²) in [6, 6.07) is 17.8. The van der Waals surface area contributed by atoms with Crippen LogP contribution in [0.5, 0.6) is 0 Å². The Labute approximate surface area is 151 Å². The molecule has 0 N–H and O–H groups in total. The molecule has 0 aliphatic heterocycles. The van der Waals surface area contributed by atoms with Crippen LogP contribution in [0.2, 0.25) is 0 Å². The second-order valence-electron chi connectivity index (χ2n) is 5.80. The fraction of sp³-hybridized carbons (Fsp3) is 0.0526. The molecule has 0 aliphatic rings. The minimum atomic E-state index is -0.435. The molecule has 0 aliphatic carbocycles. The molecule has 6 nitrogen and oxygen atoms in total. The molecule has 1 heterocycles. The van der Waals surface area contributed by atoms with Gasteiger partial charge in [0.1, 0.15) is 0 Å². The average molecular weight is 363 g/mol. The van der Waals surface area contributed by atoms with Crippen molar-refractivity contribution in [2.45, 2.75) is 0 Å². The highest BCUT2D eigenvalue weighted by Crippen LogP contribution is 2.23. The van der Waals surface area contributed by atoms with Gasteiger partial charge in [-0.1, -0.05) is 47.7 Å². The Morgan fingerprint density at radius 1 is 1.12 bits per heavy atom. The Balaban J connectivity index is 1.86. The standard InChI is InChI=1S/C19H13N3O3S/c1-21-16-11-13(22(24)25)9-10-17(16)26-19(21)20-18(23)15-8-4-6-12-5-2-3-7-14(12)15/h2-11H,1H3. The number of nitro benzene ring substituents is 1. The Hall–Kier alpha value is -3.32. The summed E-state index contributed by atoms with van der Waals surface area (Å²) in [7, 11) is 1.75. The van der Waals surface area contributed by atoms with Gasteiger partial charge in [0.15, 0.2) is 4.80 Å². The van der Waals surface area contributed by atoms with Crippen LogP contribution in [-0.2, 0) is 7.05 Å². The van der Waals surface area contributed by atoms with E-state index in [4.69, 9.17) is 0 Å². The number of fused-ring (bicyclic) bond motifs is 2. The lowest BCUT2D eigenvalue weighted by Gasteiger charge is -2.02. The summed E-state index contributed by atoms with van der Waals surface area (Å²) in [5.74, 6) is -0.335. The first kappa shape index (κ1) is 16.2. The lowest BCUT2D eigenvalue weighted by atomic mass is 10.0. The average Bonchev–Trinajstić information content (AvgIpc) is 2.96. The second kappa shape index (κ2) is 6.20. The predicted octanol–water partition coefficient (Wildman–Crippen LogP) is 4.04. The van der Waals surface area contributed by atoms with Crippen molar-refractivity contribution in [1.82, 2.24) is 4.57 Å². The summed E-state index contributed by atoms with van der Waals surface area (Å²) in [6.45, 7) is 0. The SMILES string of the molecule is Cn1c(=NC(=O)c2cccc3ccccc23)sc2ccc([N+](=O)[O-])cc21. The molecule has 0 atom stereocenters. The molecule has 26 heavy (non-hydrogen) atoms. The summed E-state index contributed by atoms with van der Waals surface area (Å²) in [5, 5.41) is 12.8. The quantitative estimate of drug-likeness (QED) is 0.398. The third-order valence-corrected chi connectivity index (χ3v) is 5.33. The van der Waals surface area contributed by atoms with Crippen molar-refractivity contribution in [3.63, 3.8) is 0 Å². The third kappa shape index (κ3) is 2.68. The van der Waals surface area contributed by atoms with Crippen molar-refractivity contribution < 1.29 is 9.72 Å². The van der Waals surface area contributed by atoms with Gasteiger partial charge in [-0.05, 0) is 22.9 Å². The minimum Gasteiger partial charge on any atom is -0.319 e. The zero-order valence-electron chi connectivity index (χ0n) is 13.7. The van der Waals surface area contributed by atoms with Gasteiger partial charge in [-0.25, -0.2) is 0 Å². The molecule has 0 bridgehead atoms. The molecule has 4 rings (SSSR count). The maximum atomic E-state index is 12.8. The summed E-state index contributed by atoms with van der Waals surface area (Å²) in [4.78, 5) is 28.0. The van der Waals surface area contributed by atoms with Crippen LogP contribution in [-0.4, -0.2) is 15.4 Å². The maximum absolute atomic E-state index is 12.8. The van der Waals surface area contributed by atoms with E-state index in [1.54, 1.807) is 23.7 Å². The van der Waals surface area contributed by atoms with E-state index in [1.165, 1.54) is 23.5 Å². The maximum Gasteiger partial charge on any atom is 0.280 e. The number of aromatic nitrogens is 1. The van der Waals surface area contributed by atoms with Crippen LogP contribution in [0.1, 0.15) is 10.4 Å². The number of nitro groups is 1. The molecule has 0 spiro atoms. The van der Waals surface area contributed by atoms with Crippen molar-refractivity contribution in [3.8, 4) is 0 Å². The van der Waals surface area contributed by atoms with E-state index >= 15 is 0 Å². The Morgan fingerprint density at radius 2 is 1.88 bits per heavy atom. The Kier molecular flexibility index (Phi) is 3.85. The molecule has 7 heteroatoms. The lowest BCUT2D eigenvalue weighted by molar-refractivity contribution is -0.384. The molecular weight excluding hydrogens is 350 g/mol. The summed E-state index contributed by atoms with van der Waals surface area (Å²) in [6.07, 6.45) is 0. The van der Waals surface area contributed by atoms with Crippen LogP contribution in [0, 0.1) is 10.1 Å². The molecule has 128 valence electrons. The van der Waals surface area contributed by atoms with E-state index in [1.807, 2.05) is 36.4 Å². The molecule has 0 saturated heterocycles.